The first kappa shape index (κ1) is 10.7. The SMILES string of the molecule is CCSC(=S)OC(C)(C)C#N. The lowest BCUT2D eigenvalue weighted by Crippen LogP contribution is -2.23. The highest BCUT2D eigenvalue weighted by atomic mass is 32.2. The largest absolute Gasteiger partial charge is 0.457 e. The fourth-order valence-electron chi connectivity index (χ4n) is 0.378. The fraction of sp³-hybridized carbons (Fsp3) is 0.714. The van der Waals surface area contributed by atoms with Gasteiger partial charge < -0.3 is 4.74 Å². The Morgan fingerprint density at radius 1 is 1.73 bits per heavy atom. The second-order valence-electron chi connectivity index (χ2n) is 2.41. The molecule has 0 N–H and O–H groups in total. The molecule has 4 heteroatoms. The zero-order valence-corrected chi connectivity index (χ0v) is 8.51. The zero-order valence-electron chi connectivity index (χ0n) is 6.88. The smallest absolute Gasteiger partial charge is 0.221 e. The molecule has 0 rings (SSSR count). The molecule has 0 aliphatic heterocycles. The van der Waals surface area contributed by atoms with E-state index in [4.69, 9.17) is 22.2 Å². The molecule has 0 aromatic heterocycles. The lowest BCUT2D eigenvalue weighted by atomic mass is 10.2. The Bertz CT molecular complexity index is 183. The van der Waals surface area contributed by atoms with Gasteiger partial charge in [0.05, 0.1) is 0 Å². The number of nitriles is 1. The van der Waals surface area contributed by atoms with Crippen LogP contribution in [0.15, 0.2) is 0 Å². The van der Waals surface area contributed by atoms with Crippen LogP contribution in [0.4, 0.5) is 0 Å². The molecule has 0 amide bonds. The maximum atomic E-state index is 8.57. The Labute approximate surface area is 76.9 Å². The highest BCUT2D eigenvalue weighted by Crippen LogP contribution is 2.14. The van der Waals surface area contributed by atoms with Gasteiger partial charge in [-0.3, -0.25) is 0 Å². The number of hydrogen-bond acceptors (Lipinski definition) is 4. The monoisotopic (exact) mass is 189 g/mol. The van der Waals surface area contributed by atoms with Crippen LogP contribution in [-0.2, 0) is 4.74 Å². The van der Waals surface area contributed by atoms with Crippen LogP contribution in [0.2, 0.25) is 0 Å². The zero-order chi connectivity index (χ0) is 8.91. The molecular weight excluding hydrogens is 178 g/mol. The van der Waals surface area contributed by atoms with E-state index in [1.807, 2.05) is 13.0 Å². The fourth-order valence-corrected chi connectivity index (χ4v) is 1.44. The number of thioether (sulfide) groups is 1. The Balaban J connectivity index is 3.86. The summed E-state index contributed by atoms with van der Waals surface area (Å²) in [7, 11) is 0. The molecule has 0 heterocycles. The van der Waals surface area contributed by atoms with E-state index in [1.165, 1.54) is 11.8 Å². The molecule has 0 radical (unpaired) electrons. The third-order valence-corrected chi connectivity index (χ3v) is 1.91. The van der Waals surface area contributed by atoms with E-state index >= 15 is 0 Å². The van der Waals surface area contributed by atoms with Gasteiger partial charge in [0.15, 0.2) is 5.60 Å². The van der Waals surface area contributed by atoms with Crippen molar-refractivity contribution in [2.75, 3.05) is 5.75 Å². The van der Waals surface area contributed by atoms with E-state index in [2.05, 4.69) is 0 Å². The molecule has 0 aliphatic carbocycles. The molecule has 0 unspecified atom stereocenters. The molecule has 62 valence electrons. The number of rotatable bonds is 2. The van der Waals surface area contributed by atoms with Gasteiger partial charge in [-0.05, 0) is 31.8 Å². The van der Waals surface area contributed by atoms with E-state index < -0.39 is 5.60 Å². The van der Waals surface area contributed by atoms with Crippen LogP contribution in [0.25, 0.3) is 0 Å². The van der Waals surface area contributed by atoms with Crippen LogP contribution in [0.3, 0.4) is 0 Å². The molecule has 2 nitrogen and oxygen atoms in total. The van der Waals surface area contributed by atoms with Crippen molar-refractivity contribution in [3.63, 3.8) is 0 Å². The summed E-state index contributed by atoms with van der Waals surface area (Å²) in [6.07, 6.45) is 0. The molecule has 0 fully saturated rings. The van der Waals surface area contributed by atoms with Gasteiger partial charge in [0.2, 0.25) is 4.38 Å². The number of ether oxygens (including phenoxy) is 1. The number of nitrogens with zero attached hydrogens (tertiary/aromatic N) is 1. The van der Waals surface area contributed by atoms with Gasteiger partial charge in [0, 0.05) is 0 Å². The van der Waals surface area contributed by atoms with Crippen molar-refractivity contribution in [1.29, 1.82) is 5.26 Å². The minimum Gasteiger partial charge on any atom is -0.457 e. The van der Waals surface area contributed by atoms with Gasteiger partial charge in [-0.2, -0.15) is 5.26 Å². The molecule has 0 saturated heterocycles. The predicted molar refractivity (Wildman–Crippen MR) is 51.5 cm³/mol. The highest BCUT2D eigenvalue weighted by Gasteiger charge is 2.19. The molecule has 0 aromatic rings. The molecule has 0 spiro atoms. The van der Waals surface area contributed by atoms with Crippen LogP contribution in [0.1, 0.15) is 20.8 Å². The van der Waals surface area contributed by atoms with Gasteiger partial charge in [-0.15, -0.1) is 0 Å². The normalized spacial score (nSPS) is 10.4. The maximum absolute atomic E-state index is 8.57. The van der Waals surface area contributed by atoms with E-state index in [0.29, 0.717) is 4.38 Å². The first-order valence-corrected chi connectivity index (χ1v) is 4.68. The van der Waals surface area contributed by atoms with Crippen LogP contribution in [0, 0.1) is 11.3 Å². The first-order valence-electron chi connectivity index (χ1n) is 3.29. The average Bonchev–Trinajstić information content (AvgIpc) is 1.87. The summed E-state index contributed by atoms with van der Waals surface area (Å²) in [4.78, 5) is 0. The Morgan fingerprint density at radius 2 is 2.27 bits per heavy atom. The van der Waals surface area contributed by atoms with Crippen LogP contribution < -0.4 is 0 Å². The van der Waals surface area contributed by atoms with E-state index in [0.717, 1.165) is 5.75 Å². The Morgan fingerprint density at radius 3 is 2.64 bits per heavy atom. The summed E-state index contributed by atoms with van der Waals surface area (Å²) >= 11 is 6.29. The van der Waals surface area contributed by atoms with Gasteiger partial charge in [-0.1, -0.05) is 18.7 Å². The third kappa shape index (κ3) is 5.05. The molecule has 0 bridgehead atoms. The lowest BCUT2D eigenvalue weighted by molar-refractivity contribution is 0.168. The second-order valence-corrected chi connectivity index (χ2v) is 4.27. The summed E-state index contributed by atoms with van der Waals surface area (Å²) in [5.41, 5.74) is -0.792. The summed E-state index contributed by atoms with van der Waals surface area (Å²) in [6.45, 7) is 5.37. The number of thiocarbonyl (C=S) groups is 1. The Hall–Kier alpha value is -0.270. The van der Waals surface area contributed by atoms with Crippen molar-refractivity contribution in [1.82, 2.24) is 0 Å². The van der Waals surface area contributed by atoms with Crippen LogP contribution in [-0.4, -0.2) is 15.7 Å². The third-order valence-electron chi connectivity index (χ3n) is 0.870. The quantitative estimate of drug-likeness (QED) is 0.624. The Kier molecular flexibility index (Phi) is 4.46. The van der Waals surface area contributed by atoms with Crippen LogP contribution in [0.5, 0.6) is 0 Å². The van der Waals surface area contributed by atoms with E-state index in [9.17, 15) is 0 Å². The summed E-state index contributed by atoms with van der Waals surface area (Å²) in [5, 5.41) is 8.57. The minimum absolute atomic E-state index is 0.444. The summed E-state index contributed by atoms with van der Waals surface area (Å²) in [6, 6.07) is 2.01. The second kappa shape index (κ2) is 4.58. The minimum atomic E-state index is -0.792. The maximum Gasteiger partial charge on any atom is 0.221 e. The van der Waals surface area contributed by atoms with Crippen molar-refractivity contribution < 1.29 is 4.74 Å². The van der Waals surface area contributed by atoms with Gasteiger partial charge in [0.1, 0.15) is 6.07 Å². The molecule has 11 heavy (non-hydrogen) atoms. The van der Waals surface area contributed by atoms with Crippen LogP contribution >= 0.6 is 24.0 Å². The highest BCUT2D eigenvalue weighted by molar-refractivity contribution is 8.22. The average molecular weight is 189 g/mol. The predicted octanol–water partition coefficient (Wildman–Crippen LogP) is 2.34. The van der Waals surface area contributed by atoms with Crippen molar-refractivity contribution >= 4 is 28.4 Å². The summed E-state index contributed by atoms with van der Waals surface area (Å²) in [5.74, 6) is 0.875. The number of hydrogen-bond donors (Lipinski definition) is 0. The molecular formula is C7H11NOS2. The standard InChI is InChI=1S/C7H11NOS2/c1-4-11-6(10)9-7(2,3)5-8/h4H2,1-3H3. The molecule has 0 atom stereocenters. The topological polar surface area (TPSA) is 33.0 Å². The van der Waals surface area contributed by atoms with Crippen molar-refractivity contribution in [2.45, 2.75) is 26.4 Å². The summed E-state index contributed by atoms with van der Waals surface area (Å²) < 4.78 is 5.60. The van der Waals surface area contributed by atoms with Crippen molar-refractivity contribution in [2.24, 2.45) is 0 Å². The van der Waals surface area contributed by atoms with Gasteiger partial charge >= 0.3 is 0 Å². The van der Waals surface area contributed by atoms with E-state index in [-0.39, 0.29) is 0 Å². The van der Waals surface area contributed by atoms with Crippen molar-refractivity contribution in [3.05, 3.63) is 0 Å². The molecule has 0 aliphatic rings. The van der Waals surface area contributed by atoms with Gasteiger partial charge in [-0.25, -0.2) is 0 Å². The van der Waals surface area contributed by atoms with Crippen molar-refractivity contribution in [3.8, 4) is 6.07 Å². The lowest BCUT2D eigenvalue weighted by Gasteiger charge is -2.17. The first-order chi connectivity index (χ1) is 5.02. The van der Waals surface area contributed by atoms with E-state index in [1.54, 1.807) is 13.8 Å². The molecule has 0 saturated carbocycles. The molecule has 0 aromatic carbocycles. The van der Waals surface area contributed by atoms with Gasteiger partial charge in [0.25, 0.3) is 0 Å².